The largest absolute Gasteiger partial charge is 0.354 e. The summed E-state index contributed by atoms with van der Waals surface area (Å²) in [5.41, 5.74) is 0.793. The zero-order chi connectivity index (χ0) is 13.8. The van der Waals surface area contributed by atoms with Gasteiger partial charge < -0.3 is 10.6 Å². The van der Waals surface area contributed by atoms with Crippen molar-refractivity contribution in [3.8, 4) is 0 Å². The lowest BCUT2D eigenvalue weighted by Crippen LogP contribution is -2.06. The molecule has 2 rings (SSSR count). The highest BCUT2D eigenvalue weighted by Crippen LogP contribution is 2.26. The molecule has 0 amide bonds. The van der Waals surface area contributed by atoms with E-state index in [4.69, 9.17) is 23.2 Å². The molecular formula is C11H10BrCl2N5. The molecule has 1 aromatic carbocycles. The molecule has 0 atom stereocenters. The van der Waals surface area contributed by atoms with E-state index in [1.165, 1.54) is 0 Å². The highest BCUT2D eigenvalue weighted by Gasteiger charge is 2.06. The molecule has 0 bridgehead atoms. The molecule has 2 N–H and O–H groups in total. The Balaban J connectivity index is 2.24. The van der Waals surface area contributed by atoms with Crippen LogP contribution in [0.25, 0.3) is 0 Å². The molecular weight excluding hydrogens is 353 g/mol. The highest BCUT2D eigenvalue weighted by atomic mass is 79.9. The topological polar surface area (TPSA) is 62.7 Å². The molecule has 0 aliphatic rings. The van der Waals surface area contributed by atoms with Gasteiger partial charge in [-0.15, -0.1) is 0 Å². The van der Waals surface area contributed by atoms with E-state index in [1.54, 1.807) is 6.07 Å². The van der Waals surface area contributed by atoms with Crippen LogP contribution in [-0.4, -0.2) is 21.5 Å². The third kappa shape index (κ3) is 3.92. The quantitative estimate of drug-likeness (QED) is 0.856. The summed E-state index contributed by atoms with van der Waals surface area (Å²) in [6.45, 7) is 2.65. The van der Waals surface area contributed by atoms with Crippen LogP contribution in [0.5, 0.6) is 0 Å². The Bertz CT molecular complexity index is 593. The van der Waals surface area contributed by atoms with Crippen molar-refractivity contribution in [2.75, 3.05) is 17.2 Å². The van der Waals surface area contributed by atoms with E-state index in [2.05, 4.69) is 41.5 Å². The molecule has 1 heterocycles. The van der Waals surface area contributed by atoms with Crippen LogP contribution in [0, 0.1) is 0 Å². The second-order valence-corrected chi connectivity index (χ2v) is 5.14. The summed E-state index contributed by atoms with van der Waals surface area (Å²) in [6.07, 6.45) is 0. The maximum absolute atomic E-state index is 5.93. The number of hydrogen-bond acceptors (Lipinski definition) is 5. The van der Waals surface area contributed by atoms with Crippen LogP contribution in [0.2, 0.25) is 10.3 Å². The third-order valence-electron chi connectivity index (χ3n) is 2.12. The molecule has 19 heavy (non-hydrogen) atoms. The molecule has 5 nitrogen and oxygen atoms in total. The van der Waals surface area contributed by atoms with Gasteiger partial charge >= 0.3 is 0 Å². The first-order valence-electron chi connectivity index (χ1n) is 5.46. The number of hydrogen-bond donors (Lipinski definition) is 2. The Morgan fingerprint density at radius 3 is 2.58 bits per heavy atom. The van der Waals surface area contributed by atoms with Gasteiger partial charge in [0, 0.05) is 16.7 Å². The molecule has 0 spiro atoms. The van der Waals surface area contributed by atoms with Crippen molar-refractivity contribution >= 4 is 56.7 Å². The summed E-state index contributed by atoms with van der Waals surface area (Å²) in [5.74, 6) is 0.795. The van der Waals surface area contributed by atoms with Crippen LogP contribution >= 0.6 is 39.1 Å². The van der Waals surface area contributed by atoms with E-state index in [-0.39, 0.29) is 5.28 Å². The number of nitrogens with one attached hydrogen (secondary N) is 2. The second-order valence-electron chi connectivity index (χ2n) is 3.54. The normalized spacial score (nSPS) is 10.3. The van der Waals surface area contributed by atoms with Crippen molar-refractivity contribution < 1.29 is 0 Å². The van der Waals surface area contributed by atoms with E-state index in [0.717, 1.165) is 10.2 Å². The molecule has 8 heteroatoms. The minimum Gasteiger partial charge on any atom is -0.354 e. The van der Waals surface area contributed by atoms with Crippen LogP contribution in [0.1, 0.15) is 6.92 Å². The molecule has 0 radical (unpaired) electrons. The second kappa shape index (κ2) is 6.36. The Labute approximate surface area is 128 Å². The number of aromatic nitrogens is 3. The van der Waals surface area contributed by atoms with Gasteiger partial charge in [0.2, 0.25) is 17.2 Å². The van der Waals surface area contributed by atoms with Gasteiger partial charge in [-0.25, -0.2) is 0 Å². The van der Waals surface area contributed by atoms with Crippen molar-refractivity contribution in [3.63, 3.8) is 0 Å². The minimum absolute atomic E-state index is 0.126. The van der Waals surface area contributed by atoms with E-state index in [0.29, 0.717) is 23.5 Å². The maximum Gasteiger partial charge on any atom is 0.233 e. The molecule has 100 valence electrons. The van der Waals surface area contributed by atoms with Gasteiger partial charge in [0.25, 0.3) is 0 Å². The van der Waals surface area contributed by atoms with E-state index in [9.17, 15) is 0 Å². The fourth-order valence-electron chi connectivity index (χ4n) is 1.35. The predicted octanol–water partition coefficient (Wildman–Crippen LogP) is 4.12. The molecule has 0 saturated carbocycles. The lowest BCUT2D eigenvalue weighted by molar-refractivity contribution is 1.02. The van der Waals surface area contributed by atoms with Crippen molar-refractivity contribution in [1.82, 2.24) is 15.0 Å². The lowest BCUT2D eigenvalue weighted by atomic mass is 10.3. The van der Waals surface area contributed by atoms with Crippen LogP contribution in [0.3, 0.4) is 0 Å². The van der Waals surface area contributed by atoms with Gasteiger partial charge in [-0.1, -0.05) is 11.6 Å². The van der Waals surface area contributed by atoms with Crippen molar-refractivity contribution in [2.24, 2.45) is 0 Å². The predicted molar refractivity (Wildman–Crippen MR) is 81.4 cm³/mol. The first kappa shape index (κ1) is 14.3. The average Bonchev–Trinajstić information content (AvgIpc) is 2.33. The highest BCUT2D eigenvalue weighted by molar-refractivity contribution is 9.10. The minimum atomic E-state index is 0.126. The van der Waals surface area contributed by atoms with Crippen LogP contribution < -0.4 is 10.6 Å². The maximum atomic E-state index is 5.93. The van der Waals surface area contributed by atoms with Crippen molar-refractivity contribution in [2.45, 2.75) is 6.92 Å². The van der Waals surface area contributed by atoms with Crippen molar-refractivity contribution in [1.29, 1.82) is 0 Å². The number of rotatable bonds is 4. The molecule has 2 aromatic rings. The number of benzene rings is 1. The monoisotopic (exact) mass is 361 g/mol. The first-order chi connectivity index (χ1) is 9.08. The Morgan fingerprint density at radius 2 is 1.89 bits per heavy atom. The molecule has 0 unspecified atom stereocenters. The summed E-state index contributed by atoms with van der Waals surface area (Å²) >= 11 is 15.1. The number of nitrogens with zero attached hydrogens (tertiary/aromatic N) is 3. The molecule has 0 aliphatic carbocycles. The molecule has 0 saturated heterocycles. The fourth-order valence-corrected chi connectivity index (χ4v) is 2.00. The zero-order valence-corrected chi connectivity index (χ0v) is 13.0. The summed E-state index contributed by atoms with van der Waals surface area (Å²) in [5, 5.41) is 6.77. The standard InChI is InChI=1S/C11H10BrCl2N5/c1-2-15-10-17-9(14)18-11(19-10)16-6-3-4-8(13)7(12)5-6/h3-5H,2H2,1H3,(H2,15,16,17,18,19). The van der Waals surface area contributed by atoms with Crippen molar-refractivity contribution in [3.05, 3.63) is 33.0 Å². The third-order valence-corrected chi connectivity index (χ3v) is 3.50. The number of anilines is 3. The SMILES string of the molecule is CCNc1nc(Cl)nc(Nc2ccc(Cl)c(Br)c2)n1. The fraction of sp³-hybridized carbons (Fsp3) is 0.182. The Hall–Kier alpha value is -1.11. The summed E-state index contributed by atoms with van der Waals surface area (Å²) in [7, 11) is 0. The number of halogens is 3. The van der Waals surface area contributed by atoms with Crippen LogP contribution in [0.4, 0.5) is 17.6 Å². The lowest BCUT2D eigenvalue weighted by Gasteiger charge is -2.08. The van der Waals surface area contributed by atoms with Gasteiger partial charge in [0.15, 0.2) is 0 Å². The zero-order valence-electron chi connectivity index (χ0n) is 9.91. The smallest absolute Gasteiger partial charge is 0.233 e. The molecule has 1 aromatic heterocycles. The van der Waals surface area contributed by atoms with Gasteiger partial charge in [-0.3, -0.25) is 0 Å². The average molecular weight is 363 g/mol. The molecule has 0 aliphatic heterocycles. The van der Waals surface area contributed by atoms with Gasteiger partial charge in [0.05, 0.1) is 5.02 Å². The van der Waals surface area contributed by atoms with E-state index < -0.39 is 0 Å². The van der Waals surface area contributed by atoms with Crippen LogP contribution in [-0.2, 0) is 0 Å². The Morgan fingerprint density at radius 1 is 1.16 bits per heavy atom. The molecule has 0 fully saturated rings. The van der Waals surface area contributed by atoms with Crippen LogP contribution in [0.15, 0.2) is 22.7 Å². The first-order valence-corrected chi connectivity index (χ1v) is 7.01. The van der Waals surface area contributed by atoms with E-state index >= 15 is 0 Å². The van der Waals surface area contributed by atoms with Gasteiger partial charge in [-0.05, 0) is 52.7 Å². The summed E-state index contributed by atoms with van der Waals surface area (Å²) < 4.78 is 0.784. The summed E-state index contributed by atoms with van der Waals surface area (Å²) in [4.78, 5) is 12.2. The summed E-state index contributed by atoms with van der Waals surface area (Å²) in [6, 6.07) is 5.41. The van der Waals surface area contributed by atoms with E-state index in [1.807, 2.05) is 19.1 Å². The Kier molecular flexibility index (Phi) is 4.79. The van der Waals surface area contributed by atoms with Gasteiger partial charge in [-0.2, -0.15) is 15.0 Å². The van der Waals surface area contributed by atoms with Gasteiger partial charge in [0.1, 0.15) is 0 Å².